The van der Waals surface area contributed by atoms with Gasteiger partial charge in [-0.05, 0) is 24.3 Å². The van der Waals surface area contributed by atoms with E-state index in [2.05, 4.69) is 5.32 Å². The molecule has 1 aromatic heterocycles. The number of nitrogens with one attached hydrogen (secondary N) is 1. The van der Waals surface area contributed by atoms with Gasteiger partial charge >= 0.3 is 0 Å². The van der Waals surface area contributed by atoms with Crippen molar-refractivity contribution >= 4 is 11.4 Å². The van der Waals surface area contributed by atoms with Gasteiger partial charge in [0.05, 0.1) is 17.9 Å². The van der Waals surface area contributed by atoms with Gasteiger partial charge in [0.1, 0.15) is 18.1 Å². The van der Waals surface area contributed by atoms with Gasteiger partial charge in [-0.15, -0.1) is 0 Å². The lowest BCUT2D eigenvalue weighted by atomic mass is 10.2. The van der Waals surface area contributed by atoms with Gasteiger partial charge in [0, 0.05) is 0 Å². The molecule has 4 N–H and O–H groups in total. The quantitative estimate of drug-likeness (QED) is 0.686. The Labute approximate surface area is 93.7 Å². The average molecular weight is 218 g/mol. The SMILES string of the molecule is Nc1ccccc1NCc1ccc(CO)o1. The number of hydrogen-bond acceptors (Lipinski definition) is 4. The Hall–Kier alpha value is -1.94. The summed E-state index contributed by atoms with van der Waals surface area (Å²) in [6.45, 7) is 0.474. The van der Waals surface area contributed by atoms with Crippen LogP contribution in [0.15, 0.2) is 40.8 Å². The summed E-state index contributed by atoms with van der Waals surface area (Å²) >= 11 is 0. The molecule has 1 heterocycles. The zero-order valence-electron chi connectivity index (χ0n) is 8.81. The van der Waals surface area contributed by atoms with E-state index < -0.39 is 0 Å². The first kappa shape index (κ1) is 10.6. The van der Waals surface area contributed by atoms with Crippen molar-refractivity contribution in [1.82, 2.24) is 0 Å². The number of aliphatic hydroxyl groups is 1. The second-order valence-electron chi connectivity index (χ2n) is 3.47. The average Bonchev–Trinajstić information content (AvgIpc) is 2.76. The lowest BCUT2D eigenvalue weighted by Crippen LogP contribution is -2.01. The third-order valence-electron chi connectivity index (χ3n) is 2.29. The molecule has 2 rings (SSSR count). The summed E-state index contributed by atoms with van der Waals surface area (Å²) in [7, 11) is 0. The van der Waals surface area contributed by atoms with Crippen molar-refractivity contribution in [1.29, 1.82) is 0 Å². The van der Waals surface area contributed by atoms with Crippen LogP contribution in [-0.4, -0.2) is 5.11 Å². The number of benzene rings is 1. The Morgan fingerprint density at radius 2 is 1.88 bits per heavy atom. The van der Waals surface area contributed by atoms with Gasteiger partial charge in [0.25, 0.3) is 0 Å². The molecule has 0 atom stereocenters. The summed E-state index contributed by atoms with van der Waals surface area (Å²) in [5.74, 6) is 1.34. The molecule has 0 bridgehead atoms. The molecule has 0 aliphatic heterocycles. The van der Waals surface area contributed by atoms with Crippen molar-refractivity contribution in [2.24, 2.45) is 0 Å². The van der Waals surface area contributed by atoms with Crippen molar-refractivity contribution < 1.29 is 9.52 Å². The van der Waals surface area contributed by atoms with E-state index in [4.69, 9.17) is 15.3 Å². The summed E-state index contributed by atoms with van der Waals surface area (Å²) in [6.07, 6.45) is 0. The first-order valence-electron chi connectivity index (χ1n) is 5.06. The van der Waals surface area contributed by atoms with Crippen LogP contribution in [0.1, 0.15) is 11.5 Å². The van der Waals surface area contributed by atoms with Crippen LogP contribution in [0.5, 0.6) is 0 Å². The van der Waals surface area contributed by atoms with E-state index >= 15 is 0 Å². The van der Waals surface area contributed by atoms with Gasteiger partial charge < -0.3 is 20.6 Å². The van der Waals surface area contributed by atoms with E-state index in [1.54, 1.807) is 6.07 Å². The van der Waals surface area contributed by atoms with Crippen molar-refractivity contribution in [3.05, 3.63) is 47.9 Å². The Morgan fingerprint density at radius 3 is 2.56 bits per heavy atom. The molecule has 0 aliphatic carbocycles. The molecule has 16 heavy (non-hydrogen) atoms. The summed E-state index contributed by atoms with van der Waals surface area (Å²) in [4.78, 5) is 0. The standard InChI is InChI=1S/C12H14N2O2/c13-11-3-1-2-4-12(11)14-7-9-5-6-10(8-15)16-9/h1-6,14-15H,7-8,13H2. The molecule has 0 aliphatic rings. The van der Waals surface area contributed by atoms with Crippen LogP contribution in [0.3, 0.4) is 0 Å². The first-order chi connectivity index (χ1) is 7.79. The highest BCUT2D eigenvalue weighted by molar-refractivity contribution is 5.65. The van der Waals surface area contributed by atoms with E-state index in [1.807, 2.05) is 30.3 Å². The molecule has 84 valence electrons. The van der Waals surface area contributed by atoms with Crippen LogP contribution < -0.4 is 11.1 Å². The maximum Gasteiger partial charge on any atom is 0.129 e. The van der Waals surface area contributed by atoms with Crippen LogP contribution in [-0.2, 0) is 13.2 Å². The largest absolute Gasteiger partial charge is 0.462 e. The molecule has 4 heteroatoms. The molecule has 2 aromatic rings. The minimum atomic E-state index is -0.0759. The zero-order chi connectivity index (χ0) is 11.4. The van der Waals surface area contributed by atoms with Crippen molar-refractivity contribution in [3.63, 3.8) is 0 Å². The number of aliphatic hydroxyl groups excluding tert-OH is 1. The third-order valence-corrected chi connectivity index (χ3v) is 2.29. The number of nitrogens with two attached hydrogens (primary N) is 1. The smallest absolute Gasteiger partial charge is 0.129 e. The summed E-state index contributed by atoms with van der Waals surface area (Å²) in [5, 5.41) is 12.0. The van der Waals surface area contributed by atoms with Gasteiger partial charge in [-0.1, -0.05) is 12.1 Å². The fourth-order valence-electron chi connectivity index (χ4n) is 1.44. The van der Waals surface area contributed by atoms with Gasteiger partial charge in [-0.25, -0.2) is 0 Å². The maximum absolute atomic E-state index is 8.85. The molecule has 0 saturated heterocycles. The summed E-state index contributed by atoms with van der Waals surface area (Å²) in [5.41, 5.74) is 7.37. The topological polar surface area (TPSA) is 71.4 Å². The number of furan rings is 1. The van der Waals surface area contributed by atoms with Gasteiger partial charge in [0.2, 0.25) is 0 Å². The van der Waals surface area contributed by atoms with Crippen LogP contribution in [0, 0.1) is 0 Å². The number of hydrogen-bond donors (Lipinski definition) is 3. The van der Waals surface area contributed by atoms with Crippen LogP contribution in [0.25, 0.3) is 0 Å². The van der Waals surface area contributed by atoms with Crippen LogP contribution in [0.4, 0.5) is 11.4 Å². The van der Waals surface area contributed by atoms with E-state index in [0.29, 0.717) is 18.0 Å². The molecule has 0 saturated carbocycles. The molecule has 0 amide bonds. The summed E-state index contributed by atoms with van der Waals surface area (Å²) < 4.78 is 5.34. The fourth-order valence-corrected chi connectivity index (χ4v) is 1.44. The predicted molar refractivity (Wildman–Crippen MR) is 62.8 cm³/mol. The predicted octanol–water partition coefficient (Wildman–Crippen LogP) is 1.97. The summed E-state index contributed by atoms with van der Waals surface area (Å²) in [6, 6.07) is 11.1. The zero-order valence-corrected chi connectivity index (χ0v) is 8.81. The molecule has 4 nitrogen and oxygen atoms in total. The highest BCUT2D eigenvalue weighted by Crippen LogP contribution is 2.18. The molecule has 0 spiro atoms. The number of rotatable bonds is 4. The molecular formula is C12H14N2O2. The Morgan fingerprint density at radius 1 is 1.12 bits per heavy atom. The lowest BCUT2D eigenvalue weighted by molar-refractivity contribution is 0.244. The van der Waals surface area contributed by atoms with Crippen LogP contribution in [0.2, 0.25) is 0 Å². The van der Waals surface area contributed by atoms with E-state index in [9.17, 15) is 0 Å². The van der Waals surface area contributed by atoms with E-state index in [-0.39, 0.29) is 6.61 Å². The molecule has 0 unspecified atom stereocenters. The third kappa shape index (κ3) is 2.35. The van der Waals surface area contributed by atoms with Crippen LogP contribution >= 0.6 is 0 Å². The molecule has 0 radical (unpaired) electrons. The fraction of sp³-hybridized carbons (Fsp3) is 0.167. The van der Waals surface area contributed by atoms with Gasteiger partial charge in [0.15, 0.2) is 0 Å². The molecule has 0 fully saturated rings. The van der Waals surface area contributed by atoms with E-state index in [0.717, 1.165) is 11.4 Å². The number of anilines is 2. The number of para-hydroxylation sites is 2. The minimum absolute atomic E-state index is 0.0759. The van der Waals surface area contributed by atoms with Crippen molar-refractivity contribution in [2.45, 2.75) is 13.2 Å². The Kier molecular flexibility index (Phi) is 3.12. The second kappa shape index (κ2) is 4.72. The van der Waals surface area contributed by atoms with Gasteiger partial charge in [-0.3, -0.25) is 0 Å². The molecular weight excluding hydrogens is 204 g/mol. The minimum Gasteiger partial charge on any atom is -0.462 e. The first-order valence-corrected chi connectivity index (χ1v) is 5.06. The maximum atomic E-state index is 8.85. The normalized spacial score (nSPS) is 10.3. The Bertz CT molecular complexity index is 466. The molecule has 1 aromatic carbocycles. The van der Waals surface area contributed by atoms with Crippen molar-refractivity contribution in [2.75, 3.05) is 11.1 Å². The van der Waals surface area contributed by atoms with Crippen molar-refractivity contribution in [3.8, 4) is 0 Å². The monoisotopic (exact) mass is 218 g/mol. The lowest BCUT2D eigenvalue weighted by Gasteiger charge is -2.06. The van der Waals surface area contributed by atoms with E-state index in [1.165, 1.54) is 0 Å². The highest BCUT2D eigenvalue weighted by atomic mass is 16.4. The highest BCUT2D eigenvalue weighted by Gasteiger charge is 2.02. The van der Waals surface area contributed by atoms with Gasteiger partial charge in [-0.2, -0.15) is 0 Å². The number of nitrogen functional groups attached to an aromatic ring is 1. The second-order valence-corrected chi connectivity index (χ2v) is 3.47. The Balaban J connectivity index is 1.99.